The number of carbonyl (C=O) groups is 1. The number of hydrogen-bond acceptors (Lipinski definition) is 3. The number of nitrogens with two attached hydrogens (primary N) is 1. The molecule has 0 saturated carbocycles. The largest absolute Gasteiger partial charge is 0.462 e. The maximum Gasteiger partial charge on any atom is 0.293 e. The van der Waals surface area contributed by atoms with Crippen molar-refractivity contribution in [1.29, 1.82) is 0 Å². The van der Waals surface area contributed by atoms with Crippen molar-refractivity contribution >= 4 is 18.1 Å². The van der Waals surface area contributed by atoms with E-state index in [9.17, 15) is 4.79 Å². The number of halogens is 1. The highest BCUT2D eigenvalue weighted by atomic mass is 35.5. The maximum absolute atomic E-state index is 10.2. The van der Waals surface area contributed by atoms with E-state index in [2.05, 4.69) is 0 Å². The fourth-order valence-corrected chi connectivity index (χ4v) is 1.64. The van der Waals surface area contributed by atoms with E-state index in [1.54, 1.807) is 0 Å². The van der Waals surface area contributed by atoms with Crippen LogP contribution in [0.1, 0.15) is 5.56 Å². The van der Waals surface area contributed by atoms with E-state index >= 15 is 0 Å². The maximum atomic E-state index is 10.2. The molecule has 1 aromatic rings. The molecule has 3 nitrogen and oxygen atoms in total. The zero-order valence-electron chi connectivity index (χ0n) is 8.30. The molecule has 0 heterocycles. The summed E-state index contributed by atoms with van der Waals surface area (Å²) in [6.45, 7) is 0.387. The number of hydrogen-bond donors (Lipinski definition) is 1. The van der Waals surface area contributed by atoms with Crippen molar-refractivity contribution in [3.05, 3.63) is 35.9 Å². The standard InChI is InChI=1S/C11H14ClNO2/c12-7-11(15-8-14)10(13)6-9-4-2-1-3-5-9/h1-5,8,10-11H,6-7,13H2/t10-,11?/m0/s1. The van der Waals surface area contributed by atoms with Crippen LogP contribution in [-0.2, 0) is 16.0 Å². The van der Waals surface area contributed by atoms with Crippen molar-refractivity contribution in [2.45, 2.75) is 18.6 Å². The first-order valence-corrected chi connectivity index (χ1v) is 5.26. The molecular weight excluding hydrogens is 214 g/mol. The number of carbonyl (C=O) groups excluding carboxylic acids is 1. The van der Waals surface area contributed by atoms with Gasteiger partial charge in [-0.25, -0.2) is 0 Å². The second kappa shape index (κ2) is 6.43. The molecule has 0 aliphatic heterocycles. The summed E-state index contributed by atoms with van der Waals surface area (Å²) in [6, 6.07) is 9.51. The van der Waals surface area contributed by atoms with Crippen LogP contribution in [-0.4, -0.2) is 24.5 Å². The summed E-state index contributed by atoms with van der Waals surface area (Å²) in [5.41, 5.74) is 6.98. The molecule has 0 amide bonds. The molecule has 0 bridgehead atoms. The first-order chi connectivity index (χ1) is 7.27. The highest BCUT2D eigenvalue weighted by Gasteiger charge is 2.18. The molecule has 15 heavy (non-hydrogen) atoms. The number of ether oxygens (including phenoxy) is 1. The molecule has 1 aromatic carbocycles. The van der Waals surface area contributed by atoms with Crippen molar-refractivity contribution in [2.75, 3.05) is 5.88 Å². The third-order valence-electron chi connectivity index (χ3n) is 2.17. The molecule has 1 rings (SSSR count). The third kappa shape index (κ3) is 3.90. The Morgan fingerprint density at radius 2 is 2.07 bits per heavy atom. The van der Waals surface area contributed by atoms with E-state index in [1.807, 2.05) is 30.3 Å². The lowest BCUT2D eigenvalue weighted by Gasteiger charge is -2.19. The second-order valence-corrected chi connectivity index (χ2v) is 3.59. The van der Waals surface area contributed by atoms with Crippen molar-refractivity contribution in [1.82, 2.24) is 0 Å². The minimum atomic E-state index is -0.427. The topological polar surface area (TPSA) is 52.3 Å². The van der Waals surface area contributed by atoms with Gasteiger partial charge in [-0.05, 0) is 12.0 Å². The van der Waals surface area contributed by atoms with Gasteiger partial charge in [0.1, 0.15) is 6.10 Å². The average molecular weight is 228 g/mol. The lowest BCUT2D eigenvalue weighted by atomic mass is 10.0. The molecule has 0 fully saturated rings. The van der Waals surface area contributed by atoms with Gasteiger partial charge in [0.2, 0.25) is 0 Å². The Bertz CT molecular complexity index is 292. The van der Waals surface area contributed by atoms with Gasteiger partial charge in [0.15, 0.2) is 0 Å². The molecule has 2 N–H and O–H groups in total. The van der Waals surface area contributed by atoms with Crippen molar-refractivity contribution < 1.29 is 9.53 Å². The van der Waals surface area contributed by atoms with E-state index in [1.165, 1.54) is 0 Å². The Kier molecular flexibility index (Phi) is 5.15. The van der Waals surface area contributed by atoms with Gasteiger partial charge in [0, 0.05) is 6.04 Å². The summed E-state index contributed by atoms with van der Waals surface area (Å²) in [7, 11) is 0. The highest BCUT2D eigenvalue weighted by Crippen LogP contribution is 2.07. The van der Waals surface area contributed by atoms with E-state index in [0.29, 0.717) is 12.9 Å². The van der Waals surface area contributed by atoms with Crippen molar-refractivity contribution in [3.63, 3.8) is 0 Å². The van der Waals surface area contributed by atoms with Crippen LogP contribution >= 0.6 is 11.6 Å². The number of benzene rings is 1. The van der Waals surface area contributed by atoms with Crippen molar-refractivity contribution in [3.8, 4) is 0 Å². The smallest absolute Gasteiger partial charge is 0.293 e. The van der Waals surface area contributed by atoms with Crippen LogP contribution in [0.25, 0.3) is 0 Å². The fraction of sp³-hybridized carbons (Fsp3) is 0.364. The normalized spacial score (nSPS) is 14.3. The van der Waals surface area contributed by atoms with Gasteiger partial charge >= 0.3 is 0 Å². The first-order valence-electron chi connectivity index (χ1n) is 4.72. The summed E-state index contributed by atoms with van der Waals surface area (Å²) in [6.07, 6.45) is 0.218. The van der Waals surface area contributed by atoms with Gasteiger partial charge < -0.3 is 10.5 Å². The van der Waals surface area contributed by atoms with Gasteiger partial charge in [-0.15, -0.1) is 11.6 Å². The summed E-state index contributed by atoms with van der Waals surface area (Å²) in [5, 5.41) is 0. The minimum absolute atomic E-state index is 0.215. The Balaban J connectivity index is 2.53. The monoisotopic (exact) mass is 227 g/mol. The average Bonchev–Trinajstić information content (AvgIpc) is 2.27. The van der Waals surface area contributed by atoms with Gasteiger partial charge in [0.25, 0.3) is 6.47 Å². The molecule has 0 aromatic heterocycles. The van der Waals surface area contributed by atoms with Crippen LogP contribution in [0.4, 0.5) is 0 Å². The predicted molar refractivity (Wildman–Crippen MR) is 59.8 cm³/mol. The van der Waals surface area contributed by atoms with Gasteiger partial charge in [-0.2, -0.15) is 0 Å². The fourth-order valence-electron chi connectivity index (χ4n) is 1.34. The minimum Gasteiger partial charge on any atom is -0.462 e. The van der Waals surface area contributed by atoms with E-state index in [4.69, 9.17) is 22.1 Å². The molecule has 4 heteroatoms. The van der Waals surface area contributed by atoms with Crippen LogP contribution in [0.15, 0.2) is 30.3 Å². The summed E-state index contributed by atoms with van der Waals surface area (Å²) in [5.74, 6) is 0.215. The molecule has 0 aliphatic carbocycles. The molecule has 0 spiro atoms. The molecule has 0 saturated heterocycles. The Hall–Kier alpha value is -1.06. The molecule has 0 radical (unpaired) electrons. The number of alkyl halides is 1. The lowest BCUT2D eigenvalue weighted by molar-refractivity contribution is -0.133. The van der Waals surface area contributed by atoms with Crippen molar-refractivity contribution in [2.24, 2.45) is 5.73 Å². The van der Waals surface area contributed by atoms with Crippen LogP contribution in [0.2, 0.25) is 0 Å². The molecule has 82 valence electrons. The van der Waals surface area contributed by atoms with Gasteiger partial charge in [0.05, 0.1) is 5.88 Å². The molecule has 1 unspecified atom stereocenters. The predicted octanol–water partition coefficient (Wildman–Crippen LogP) is 1.34. The van der Waals surface area contributed by atoms with Crippen LogP contribution in [0, 0.1) is 0 Å². The lowest BCUT2D eigenvalue weighted by Crippen LogP contribution is -2.39. The van der Waals surface area contributed by atoms with Gasteiger partial charge in [-0.3, -0.25) is 4.79 Å². The zero-order chi connectivity index (χ0) is 11.1. The summed E-state index contributed by atoms with van der Waals surface area (Å²) >= 11 is 5.64. The first kappa shape index (κ1) is 12.0. The Morgan fingerprint density at radius 3 is 2.60 bits per heavy atom. The Labute approximate surface area is 94.2 Å². The van der Waals surface area contributed by atoms with E-state index < -0.39 is 6.10 Å². The molecule has 2 atom stereocenters. The summed E-state index contributed by atoms with van der Waals surface area (Å²) in [4.78, 5) is 10.2. The SMILES string of the molecule is N[C@@H](Cc1ccccc1)C(CCl)OC=O. The second-order valence-electron chi connectivity index (χ2n) is 3.28. The third-order valence-corrected chi connectivity index (χ3v) is 2.48. The number of rotatable bonds is 6. The van der Waals surface area contributed by atoms with Gasteiger partial charge in [-0.1, -0.05) is 30.3 Å². The zero-order valence-corrected chi connectivity index (χ0v) is 9.06. The van der Waals surface area contributed by atoms with E-state index in [-0.39, 0.29) is 11.9 Å². The summed E-state index contributed by atoms with van der Waals surface area (Å²) < 4.78 is 4.79. The van der Waals surface area contributed by atoms with Crippen LogP contribution in [0.5, 0.6) is 0 Å². The highest BCUT2D eigenvalue weighted by molar-refractivity contribution is 6.18. The molecule has 0 aliphatic rings. The van der Waals surface area contributed by atoms with Crippen LogP contribution < -0.4 is 5.73 Å². The molecular formula is C11H14ClNO2. The van der Waals surface area contributed by atoms with E-state index in [0.717, 1.165) is 5.56 Å². The quantitative estimate of drug-likeness (QED) is 0.590. The Morgan fingerprint density at radius 1 is 1.40 bits per heavy atom. The van der Waals surface area contributed by atoms with Crippen LogP contribution in [0.3, 0.4) is 0 Å².